The van der Waals surface area contributed by atoms with Gasteiger partial charge in [-0.05, 0) is 191 Å². The van der Waals surface area contributed by atoms with Gasteiger partial charge in [0, 0.05) is 165 Å². The van der Waals surface area contributed by atoms with E-state index in [1.807, 2.05) is 94.7 Å². The van der Waals surface area contributed by atoms with E-state index < -0.39 is 17.2 Å². The zero-order valence-corrected chi connectivity index (χ0v) is 91.0. The maximum absolute atomic E-state index is 13.4. The summed E-state index contributed by atoms with van der Waals surface area (Å²) in [6.07, 6.45) is 26.4. The van der Waals surface area contributed by atoms with Gasteiger partial charge in [-0.25, -0.2) is 24.0 Å². The van der Waals surface area contributed by atoms with Crippen LogP contribution in [0.2, 0.25) is 0 Å². The van der Waals surface area contributed by atoms with Gasteiger partial charge in [-0.15, -0.1) is 0 Å². The number of urea groups is 4. The van der Waals surface area contributed by atoms with E-state index in [4.69, 9.17) is 43.6 Å². The standard InChI is InChI=1S/C54H83N5O12S2.C41H58N4O8S2.C13H27NO5/c1-54(2,3)71-48(64)22-24-68-26-28-70-29-27-69-25-23-55-51(65)39-31-37(33-42(62)18-8-4-6-14-40(60)16-10-12-20-46-49-44(35-72-46)56-52(66)58-49)30-38(32-39)34-43(63)19-9-5-7-15-41(61)17-11-13-21-47-50-45(36-73-47)57-53(67)59-50;46-29(13-7-9-17-35-37-33(24-54-35)42-40(52)44-37)11-3-1-5-15-31(48)22-26-19-27(21-28(20-26)39(50)51)23-32(49)16-6-2-4-12-30(47)14-8-10-18-36-38-34(25-55-36)43-41(53)45-38;1-13(2,3)19-12(15)4-6-16-8-10-18-11-9-17-7-5-14/h30-32,44-47,49-50H,4-29,33-36H2,1-3H3,(H,55,65)(H2,56,58,66)(H2,57,59,67);19-21,33-38H,1-18,22-25H2,(H,50,51)(H2,42,44,52)(H2,43,45,53);4-11,14H2,1-3H3. The third kappa shape index (κ3) is 52.2. The number of aromatic carboxylic acids is 1. The monoisotopic (exact) mass is 2130 g/mol. The molecule has 0 spiro atoms. The number of ether oxygens (including phenoxy) is 8. The Morgan fingerprint density at radius 1 is 0.306 bits per heavy atom. The average molecular weight is 2130 g/mol. The molecular formula is C108H168N10O25S4. The summed E-state index contributed by atoms with van der Waals surface area (Å²) < 4.78 is 42.6. The number of benzene rings is 2. The first-order chi connectivity index (χ1) is 70.6. The molecule has 9 amide bonds. The summed E-state index contributed by atoms with van der Waals surface area (Å²) in [6.45, 7) is 16.5. The lowest BCUT2D eigenvalue weighted by Crippen LogP contribution is -2.36. The maximum Gasteiger partial charge on any atom is 0.335 e. The van der Waals surface area contributed by atoms with Gasteiger partial charge in [0.2, 0.25) is 0 Å². The zero-order chi connectivity index (χ0) is 106. The molecule has 0 saturated carbocycles. The fourth-order valence-corrected chi connectivity index (χ4v) is 25.3. The number of nitrogens with one attached hydrogen (secondary N) is 9. The van der Waals surface area contributed by atoms with E-state index in [9.17, 15) is 81.8 Å². The highest BCUT2D eigenvalue weighted by Crippen LogP contribution is 2.38. The number of carbonyl (C=O) groups is 16. The average Bonchev–Trinajstić information content (AvgIpc) is 1.67. The number of thioether (sulfide) groups is 4. The van der Waals surface area contributed by atoms with Crippen LogP contribution in [0.4, 0.5) is 19.2 Å². The summed E-state index contributed by atoms with van der Waals surface area (Å²) in [4.78, 5) is 197. The van der Waals surface area contributed by atoms with Crippen molar-refractivity contribution in [1.82, 2.24) is 47.9 Å². The van der Waals surface area contributed by atoms with E-state index >= 15 is 0 Å². The number of carbonyl (C=O) groups excluding carboxylic acids is 15. The van der Waals surface area contributed by atoms with E-state index in [1.54, 1.807) is 18.2 Å². The lowest BCUT2D eigenvalue weighted by Gasteiger charge is -2.19. The molecule has 12 atom stereocenters. The molecule has 0 aliphatic carbocycles. The van der Waals surface area contributed by atoms with E-state index in [0.717, 1.165) is 151 Å². The summed E-state index contributed by atoms with van der Waals surface area (Å²) in [5, 5.41) is 38.0. The van der Waals surface area contributed by atoms with Crippen LogP contribution in [0.5, 0.6) is 0 Å². The number of esters is 2. The Kier molecular flexibility index (Phi) is 58.6. The Morgan fingerprint density at radius 2 is 0.544 bits per heavy atom. The van der Waals surface area contributed by atoms with Crippen molar-refractivity contribution in [2.75, 3.05) is 115 Å². The zero-order valence-electron chi connectivity index (χ0n) is 87.8. The third-order valence-electron chi connectivity index (χ3n) is 26.4. The molecule has 12 N–H and O–H groups in total. The molecule has 2 aromatic rings. The maximum atomic E-state index is 13.4. The summed E-state index contributed by atoms with van der Waals surface area (Å²) in [7, 11) is 0. The van der Waals surface area contributed by atoms with Crippen molar-refractivity contribution in [2.45, 2.75) is 392 Å². The van der Waals surface area contributed by atoms with Gasteiger partial charge in [-0.3, -0.25) is 52.7 Å². The lowest BCUT2D eigenvalue weighted by atomic mass is 9.96. The first-order valence-electron chi connectivity index (χ1n) is 53.9. The van der Waals surface area contributed by atoms with Crippen LogP contribution in [0.15, 0.2) is 36.4 Å². The second-order valence-corrected chi connectivity index (χ2v) is 46.6. The smallest absolute Gasteiger partial charge is 0.335 e. The van der Waals surface area contributed by atoms with Crippen molar-refractivity contribution in [3.63, 3.8) is 0 Å². The van der Waals surface area contributed by atoms with Crippen LogP contribution in [0, 0.1) is 0 Å². The highest BCUT2D eigenvalue weighted by molar-refractivity contribution is 8.01. The summed E-state index contributed by atoms with van der Waals surface area (Å²) in [5.74, 6) is 2.78. The van der Waals surface area contributed by atoms with Gasteiger partial charge >= 0.3 is 42.0 Å². The molecule has 0 aromatic heterocycles. The number of unbranched alkanes of at least 4 members (excludes halogenated alkanes) is 12. The quantitative estimate of drug-likeness (QED) is 0.0166. The highest BCUT2D eigenvalue weighted by atomic mass is 32.2. The highest BCUT2D eigenvalue weighted by Gasteiger charge is 2.46. The summed E-state index contributed by atoms with van der Waals surface area (Å²) in [5.41, 5.74) is 7.24. The minimum absolute atomic E-state index is 0.00364. The largest absolute Gasteiger partial charge is 0.478 e. The van der Waals surface area contributed by atoms with Crippen molar-refractivity contribution in [3.8, 4) is 0 Å². The van der Waals surface area contributed by atoms with Crippen LogP contribution < -0.4 is 53.6 Å². The number of hydrogen-bond donors (Lipinski definition) is 11. The van der Waals surface area contributed by atoms with Gasteiger partial charge in [-0.1, -0.05) is 63.5 Å². The molecule has 35 nitrogen and oxygen atoms in total. The number of carboxylic acid groups (broad SMARTS) is 1. The predicted molar refractivity (Wildman–Crippen MR) is 570 cm³/mol. The Morgan fingerprint density at radius 3 is 0.803 bits per heavy atom. The van der Waals surface area contributed by atoms with E-state index in [-0.39, 0.29) is 200 Å². The number of amides is 9. The Hall–Kier alpha value is -8.12. The second kappa shape index (κ2) is 69.4. The molecular weight excluding hydrogens is 1970 g/mol. The minimum Gasteiger partial charge on any atom is -0.478 e. The number of carboxylic acids is 1. The van der Waals surface area contributed by atoms with Crippen LogP contribution in [0.3, 0.4) is 0 Å². The molecule has 0 radical (unpaired) electrons. The fourth-order valence-electron chi connectivity index (χ4n) is 19.1. The van der Waals surface area contributed by atoms with Gasteiger partial charge < -0.3 is 96.6 Å². The van der Waals surface area contributed by atoms with Crippen molar-refractivity contribution in [3.05, 3.63) is 69.8 Å². The SMILES string of the molecule is CC(C)(C)OC(=O)CCOCCOCCOCCN.CC(C)(C)OC(=O)CCOCCOCCOCCNC(=O)c1cc(CC(=O)CCCCCC(=O)CCCCC2SCC3NC(=O)NC32)cc(CC(=O)CCCCCC(=O)CCCCC2SCC3NC(=O)NC32)c1.O=C(CCCCCC(=O)Cc1cc(CC(=O)CCCCCC(=O)CCCCC2SCC3NC(=O)NC32)cc(C(=O)O)c1)CCCCC1SCC2NC(=O)NC21. The number of rotatable bonds is 77. The van der Waals surface area contributed by atoms with Crippen molar-refractivity contribution < 1.29 is 120 Å². The number of nitrogens with two attached hydrogens (primary N) is 1. The van der Waals surface area contributed by atoms with Crippen molar-refractivity contribution in [2.24, 2.45) is 5.73 Å². The Labute approximate surface area is 886 Å². The van der Waals surface area contributed by atoms with Crippen molar-refractivity contribution >= 4 is 141 Å². The molecule has 8 heterocycles. The van der Waals surface area contributed by atoms with Crippen LogP contribution in [0.1, 0.15) is 329 Å². The predicted octanol–water partition coefficient (Wildman–Crippen LogP) is 13.7. The summed E-state index contributed by atoms with van der Waals surface area (Å²) in [6, 6.07) is 11.3. The number of Topliss-reactive ketones (excluding diaryl/α,β-unsaturated/α-hetero) is 8. The van der Waals surface area contributed by atoms with E-state index in [2.05, 4.69) is 47.9 Å². The van der Waals surface area contributed by atoms with Crippen molar-refractivity contribution in [1.29, 1.82) is 0 Å². The first kappa shape index (κ1) is 124. The Balaban J connectivity index is 0.000000312. The van der Waals surface area contributed by atoms with Crippen LogP contribution in [-0.2, 0) is 112 Å². The molecule has 2 aromatic carbocycles. The van der Waals surface area contributed by atoms with Crippen LogP contribution in [-0.4, -0.2) is 295 Å². The molecule has 39 heteroatoms. The number of ketones is 8. The second-order valence-electron chi connectivity index (χ2n) is 41.5. The molecule has 10 rings (SSSR count). The normalized spacial score (nSPS) is 20.8. The summed E-state index contributed by atoms with van der Waals surface area (Å²) >= 11 is 7.55. The van der Waals surface area contributed by atoms with Gasteiger partial charge in [0.15, 0.2) is 0 Å². The lowest BCUT2D eigenvalue weighted by molar-refractivity contribution is -0.157. The molecule has 8 aliphatic heterocycles. The molecule has 8 saturated heterocycles. The van der Waals surface area contributed by atoms with E-state index in [0.29, 0.717) is 224 Å². The topological polar surface area (TPSA) is 501 Å². The van der Waals surface area contributed by atoms with E-state index in [1.165, 1.54) is 12.1 Å². The molecule has 824 valence electrons. The minimum atomic E-state index is -1.10. The first-order valence-corrected chi connectivity index (χ1v) is 58.1. The van der Waals surface area contributed by atoms with Gasteiger partial charge in [-0.2, -0.15) is 47.0 Å². The molecule has 8 fully saturated rings. The number of hydrogen-bond acceptors (Lipinski definition) is 29. The fraction of sp³-hybridized carbons (Fsp3) is 0.741. The molecule has 147 heavy (non-hydrogen) atoms. The van der Waals surface area contributed by atoms with Crippen LogP contribution in [0.25, 0.3) is 0 Å². The Bertz CT molecular complexity index is 4300. The third-order valence-corrected chi connectivity index (χ3v) is 32.5. The molecule has 8 aliphatic rings. The van der Waals surface area contributed by atoms with Gasteiger partial charge in [0.1, 0.15) is 57.5 Å². The molecule has 0 bridgehead atoms. The van der Waals surface area contributed by atoms with Gasteiger partial charge in [0.05, 0.1) is 146 Å². The van der Waals surface area contributed by atoms with Gasteiger partial charge in [0.25, 0.3) is 5.91 Å². The molecule has 12 unspecified atom stereocenters. The van der Waals surface area contributed by atoms with Crippen LogP contribution >= 0.6 is 47.0 Å². The number of fused-ring (bicyclic) bond motifs is 4.